The van der Waals surface area contributed by atoms with Gasteiger partial charge in [0, 0.05) is 11.8 Å². The summed E-state index contributed by atoms with van der Waals surface area (Å²) in [5, 5.41) is 2.83. The Morgan fingerprint density at radius 1 is 1.08 bits per heavy atom. The number of hydrogen-bond donors (Lipinski definition) is 1. The molecule has 0 aromatic heterocycles. The van der Waals surface area contributed by atoms with Gasteiger partial charge in [0.05, 0.1) is 7.11 Å². The van der Waals surface area contributed by atoms with Gasteiger partial charge in [-0.15, -0.1) is 0 Å². The van der Waals surface area contributed by atoms with E-state index in [1.165, 1.54) is 11.6 Å². The molecular formula is C22H25NO3. The van der Waals surface area contributed by atoms with Crippen LogP contribution in [0.2, 0.25) is 0 Å². The van der Waals surface area contributed by atoms with Crippen LogP contribution in [0.5, 0.6) is 11.5 Å². The summed E-state index contributed by atoms with van der Waals surface area (Å²) in [7, 11) is 1.60. The van der Waals surface area contributed by atoms with Crippen LogP contribution in [0.1, 0.15) is 25.0 Å². The fourth-order valence-corrected chi connectivity index (χ4v) is 2.20. The maximum absolute atomic E-state index is 12.0. The third-order valence-electron chi connectivity index (χ3n) is 3.66. The van der Waals surface area contributed by atoms with Crippen LogP contribution in [0.25, 0.3) is 6.08 Å². The zero-order chi connectivity index (χ0) is 18.9. The molecule has 0 saturated carbocycles. The number of benzene rings is 2. The van der Waals surface area contributed by atoms with Crippen molar-refractivity contribution in [2.24, 2.45) is 0 Å². The minimum Gasteiger partial charge on any atom is -0.493 e. The molecule has 0 aliphatic rings. The zero-order valence-electron chi connectivity index (χ0n) is 15.7. The van der Waals surface area contributed by atoms with E-state index in [1.807, 2.05) is 69.3 Å². The number of allylic oxidation sites excluding steroid dienone is 1. The van der Waals surface area contributed by atoms with Gasteiger partial charge in [0.1, 0.15) is 6.61 Å². The van der Waals surface area contributed by atoms with E-state index in [2.05, 4.69) is 5.32 Å². The lowest BCUT2D eigenvalue weighted by molar-refractivity contribution is -0.111. The average molecular weight is 351 g/mol. The fourth-order valence-electron chi connectivity index (χ4n) is 2.20. The number of nitrogens with one attached hydrogen (secondary N) is 1. The average Bonchev–Trinajstić information content (AvgIpc) is 2.62. The van der Waals surface area contributed by atoms with Crippen LogP contribution < -0.4 is 14.8 Å². The van der Waals surface area contributed by atoms with Gasteiger partial charge in [0.2, 0.25) is 5.91 Å². The van der Waals surface area contributed by atoms with Gasteiger partial charge >= 0.3 is 0 Å². The van der Waals surface area contributed by atoms with Crippen molar-refractivity contribution < 1.29 is 14.3 Å². The molecule has 0 aliphatic heterocycles. The first kappa shape index (κ1) is 19.3. The summed E-state index contributed by atoms with van der Waals surface area (Å²) in [5.74, 6) is 1.12. The summed E-state index contributed by atoms with van der Waals surface area (Å²) in [6.07, 6.45) is 5.24. The second-order valence-corrected chi connectivity index (χ2v) is 6.19. The molecule has 0 heterocycles. The number of rotatable bonds is 7. The second-order valence-electron chi connectivity index (χ2n) is 6.19. The Labute approximate surface area is 155 Å². The van der Waals surface area contributed by atoms with Crippen molar-refractivity contribution in [3.05, 3.63) is 71.3 Å². The summed E-state index contributed by atoms with van der Waals surface area (Å²) in [6, 6.07) is 13.2. The van der Waals surface area contributed by atoms with Gasteiger partial charge in [-0.3, -0.25) is 4.79 Å². The summed E-state index contributed by atoms with van der Waals surface area (Å²) in [6.45, 7) is 6.55. The van der Waals surface area contributed by atoms with Crippen molar-refractivity contribution in [3.63, 3.8) is 0 Å². The van der Waals surface area contributed by atoms with Crippen molar-refractivity contribution in [2.75, 3.05) is 19.0 Å². The topological polar surface area (TPSA) is 47.6 Å². The summed E-state index contributed by atoms with van der Waals surface area (Å²) >= 11 is 0. The molecule has 26 heavy (non-hydrogen) atoms. The molecule has 2 aromatic rings. The fraction of sp³-hybridized carbons (Fsp3) is 0.227. The lowest BCUT2D eigenvalue weighted by atomic mass is 10.2. The molecule has 0 atom stereocenters. The van der Waals surface area contributed by atoms with Crippen LogP contribution in [0.15, 0.2) is 60.2 Å². The number of ether oxygens (including phenoxy) is 2. The Hall–Kier alpha value is -3.01. The first-order valence-corrected chi connectivity index (χ1v) is 8.48. The Bertz CT molecular complexity index is 801. The molecule has 4 heteroatoms. The Morgan fingerprint density at radius 3 is 2.46 bits per heavy atom. The molecule has 0 aliphatic carbocycles. The molecule has 1 N–H and O–H groups in total. The number of aryl methyl sites for hydroxylation is 1. The molecular weight excluding hydrogens is 326 g/mol. The van der Waals surface area contributed by atoms with Crippen molar-refractivity contribution in [2.45, 2.75) is 20.8 Å². The van der Waals surface area contributed by atoms with Crippen LogP contribution >= 0.6 is 0 Å². The number of carbonyl (C=O) groups excluding carboxylic acids is 1. The molecule has 0 unspecified atom stereocenters. The first-order chi connectivity index (χ1) is 12.5. The van der Waals surface area contributed by atoms with E-state index < -0.39 is 0 Å². The normalized spacial score (nSPS) is 10.5. The predicted octanol–water partition coefficient (Wildman–Crippen LogP) is 5.00. The highest BCUT2D eigenvalue weighted by Crippen LogP contribution is 2.28. The second kappa shape index (κ2) is 9.47. The molecule has 0 spiro atoms. The number of amides is 1. The van der Waals surface area contributed by atoms with Gasteiger partial charge in [-0.25, -0.2) is 0 Å². The molecule has 2 rings (SSSR count). The van der Waals surface area contributed by atoms with Gasteiger partial charge in [0.25, 0.3) is 0 Å². The van der Waals surface area contributed by atoms with E-state index in [1.54, 1.807) is 13.2 Å². The largest absolute Gasteiger partial charge is 0.493 e. The van der Waals surface area contributed by atoms with Gasteiger partial charge in [-0.2, -0.15) is 0 Å². The molecule has 0 fully saturated rings. The molecule has 0 radical (unpaired) electrons. The highest BCUT2D eigenvalue weighted by molar-refractivity contribution is 6.01. The number of carbonyl (C=O) groups is 1. The van der Waals surface area contributed by atoms with Gasteiger partial charge < -0.3 is 14.8 Å². The minimum atomic E-state index is -0.184. The quantitative estimate of drug-likeness (QED) is 0.564. The van der Waals surface area contributed by atoms with E-state index in [0.29, 0.717) is 18.1 Å². The SMILES string of the molecule is COc1cc(/C=C/C(=O)Nc2ccc(C)cc2)ccc1OCC=C(C)C. The van der Waals surface area contributed by atoms with Crippen LogP contribution in [-0.2, 0) is 4.79 Å². The number of anilines is 1. The zero-order valence-corrected chi connectivity index (χ0v) is 15.7. The summed E-state index contributed by atoms with van der Waals surface area (Å²) in [4.78, 5) is 12.0. The molecule has 136 valence electrons. The monoisotopic (exact) mass is 351 g/mol. The Kier molecular flexibility index (Phi) is 7.03. The van der Waals surface area contributed by atoms with Crippen LogP contribution in [0.4, 0.5) is 5.69 Å². The Morgan fingerprint density at radius 2 is 1.81 bits per heavy atom. The maximum atomic E-state index is 12.0. The van der Waals surface area contributed by atoms with Crippen LogP contribution in [0.3, 0.4) is 0 Å². The van der Waals surface area contributed by atoms with E-state index in [0.717, 1.165) is 16.8 Å². The van der Waals surface area contributed by atoms with Crippen molar-refractivity contribution in [3.8, 4) is 11.5 Å². The third-order valence-corrected chi connectivity index (χ3v) is 3.66. The van der Waals surface area contributed by atoms with Crippen molar-refractivity contribution in [1.29, 1.82) is 0 Å². The highest BCUT2D eigenvalue weighted by atomic mass is 16.5. The van der Waals surface area contributed by atoms with E-state index in [-0.39, 0.29) is 5.91 Å². The number of methoxy groups -OCH3 is 1. The molecule has 4 nitrogen and oxygen atoms in total. The smallest absolute Gasteiger partial charge is 0.248 e. The van der Waals surface area contributed by atoms with E-state index in [9.17, 15) is 4.79 Å². The lowest BCUT2D eigenvalue weighted by Gasteiger charge is -2.10. The van der Waals surface area contributed by atoms with E-state index >= 15 is 0 Å². The maximum Gasteiger partial charge on any atom is 0.248 e. The molecule has 1 amide bonds. The van der Waals surface area contributed by atoms with Crippen LogP contribution in [0, 0.1) is 6.92 Å². The summed E-state index contributed by atoms with van der Waals surface area (Å²) < 4.78 is 11.1. The highest BCUT2D eigenvalue weighted by Gasteiger charge is 2.05. The standard InChI is InChI=1S/C22H25NO3/c1-16(2)13-14-26-20-11-7-18(15-21(20)25-4)8-12-22(24)23-19-9-5-17(3)6-10-19/h5-13,15H,14H2,1-4H3,(H,23,24)/b12-8+. The molecule has 2 aromatic carbocycles. The minimum absolute atomic E-state index is 0.184. The number of hydrogen-bond acceptors (Lipinski definition) is 3. The van der Waals surface area contributed by atoms with Crippen molar-refractivity contribution >= 4 is 17.7 Å². The first-order valence-electron chi connectivity index (χ1n) is 8.48. The van der Waals surface area contributed by atoms with Gasteiger partial charge in [0.15, 0.2) is 11.5 Å². The summed E-state index contributed by atoms with van der Waals surface area (Å²) in [5.41, 5.74) is 3.97. The van der Waals surface area contributed by atoms with Gasteiger partial charge in [-0.1, -0.05) is 29.3 Å². The van der Waals surface area contributed by atoms with Crippen molar-refractivity contribution in [1.82, 2.24) is 0 Å². The molecule has 0 saturated heterocycles. The van der Waals surface area contributed by atoms with Gasteiger partial charge in [-0.05, 0) is 62.8 Å². The predicted molar refractivity (Wildman–Crippen MR) is 107 cm³/mol. The molecule has 0 bridgehead atoms. The third kappa shape index (κ3) is 6.13. The van der Waals surface area contributed by atoms with Crippen LogP contribution in [-0.4, -0.2) is 19.6 Å². The Balaban J connectivity index is 2.01. The lowest BCUT2D eigenvalue weighted by Crippen LogP contribution is -2.07. The van der Waals surface area contributed by atoms with E-state index in [4.69, 9.17) is 9.47 Å².